The summed E-state index contributed by atoms with van der Waals surface area (Å²) in [5, 5.41) is 0. The third-order valence-electron chi connectivity index (χ3n) is 5.73. The highest BCUT2D eigenvalue weighted by molar-refractivity contribution is 6.22. The van der Waals surface area contributed by atoms with Gasteiger partial charge in [-0.05, 0) is 50.1 Å². The maximum absolute atomic E-state index is 13.1. The number of rotatable bonds is 4. The first-order valence-corrected chi connectivity index (χ1v) is 10.0. The number of carbonyl (C=O) groups is 3. The van der Waals surface area contributed by atoms with Crippen LogP contribution in [0, 0.1) is 0 Å². The monoisotopic (exact) mass is 376 g/mol. The van der Waals surface area contributed by atoms with Crippen molar-refractivity contribution in [2.24, 2.45) is 0 Å². The van der Waals surface area contributed by atoms with Crippen molar-refractivity contribution in [3.8, 4) is 0 Å². The average Bonchev–Trinajstić information content (AvgIpc) is 2.99. The predicted molar refractivity (Wildman–Crippen MR) is 108 cm³/mol. The average molecular weight is 376 g/mol. The Hall–Kier alpha value is -2.95. The summed E-state index contributed by atoms with van der Waals surface area (Å²) in [6.07, 6.45) is 4.99. The number of nitrogens with zero attached hydrogens (tertiary/aromatic N) is 2. The Morgan fingerprint density at radius 2 is 1.64 bits per heavy atom. The van der Waals surface area contributed by atoms with E-state index in [-0.39, 0.29) is 23.8 Å². The lowest BCUT2D eigenvalue weighted by Gasteiger charge is -2.29. The van der Waals surface area contributed by atoms with E-state index in [1.165, 1.54) is 4.90 Å². The zero-order valence-electron chi connectivity index (χ0n) is 16.1. The second-order valence-corrected chi connectivity index (χ2v) is 7.42. The quantitative estimate of drug-likeness (QED) is 0.748. The summed E-state index contributed by atoms with van der Waals surface area (Å²) in [5.74, 6) is -0.654. The van der Waals surface area contributed by atoms with Crippen molar-refractivity contribution in [1.29, 1.82) is 0 Å². The van der Waals surface area contributed by atoms with Crippen molar-refractivity contribution in [2.45, 2.75) is 45.1 Å². The number of fused-ring (bicyclic) bond motifs is 1. The van der Waals surface area contributed by atoms with Crippen molar-refractivity contribution >= 4 is 23.4 Å². The number of para-hydroxylation sites is 1. The van der Waals surface area contributed by atoms with Gasteiger partial charge in [-0.3, -0.25) is 19.3 Å². The van der Waals surface area contributed by atoms with Crippen molar-refractivity contribution in [2.75, 3.05) is 11.4 Å². The molecule has 0 atom stereocenters. The normalized spacial score (nSPS) is 17.0. The van der Waals surface area contributed by atoms with Gasteiger partial charge in [0.25, 0.3) is 17.7 Å². The van der Waals surface area contributed by atoms with Crippen molar-refractivity contribution in [3.63, 3.8) is 0 Å². The minimum Gasteiger partial charge on any atom is -0.309 e. The van der Waals surface area contributed by atoms with Gasteiger partial charge in [0.2, 0.25) is 0 Å². The molecule has 2 aromatic rings. The smallest absolute Gasteiger partial charge is 0.261 e. The van der Waals surface area contributed by atoms with Crippen molar-refractivity contribution in [1.82, 2.24) is 4.90 Å². The van der Waals surface area contributed by atoms with Crippen LogP contribution in [0.1, 0.15) is 70.1 Å². The molecule has 4 rings (SSSR count). The topological polar surface area (TPSA) is 57.7 Å². The van der Waals surface area contributed by atoms with Gasteiger partial charge in [0.1, 0.15) is 0 Å². The second kappa shape index (κ2) is 7.58. The highest BCUT2D eigenvalue weighted by Crippen LogP contribution is 2.32. The molecule has 0 N–H and O–H groups in total. The summed E-state index contributed by atoms with van der Waals surface area (Å²) >= 11 is 0. The molecular weight excluding hydrogens is 352 g/mol. The molecule has 1 aliphatic carbocycles. The Labute approximate surface area is 164 Å². The van der Waals surface area contributed by atoms with Crippen LogP contribution in [0.2, 0.25) is 0 Å². The molecular formula is C23H24N2O3. The largest absolute Gasteiger partial charge is 0.309 e. The lowest BCUT2D eigenvalue weighted by atomic mass is 9.94. The van der Waals surface area contributed by atoms with Crippen LogP contribution in [-0.2, 0) is 0 Å². The van der Waals surface area contributed by atoms with E-state index in [1.54, 1.807) is 23.1 Å². The van der Waals surface area contributed by atoms with E-state index in [1.807, 2.05) is 37.3 Å². The van der Waals surface area contributed by atoms with Crippen LogP contribution in [-0.4, -0.2) is 35.2 Å². The minimum atomic E-state index is -0.260. The zero-order valence-corrected chi connectivity index (χ0v) is 16.1. The summed E-state index contributed by atoms with van der Waals surface area (Å²) in [6.45, 7) is 2.43. The first-order valence-electron chi connectivity index (χ1n) is 10.0. The lowest BCUT2D eigenvalue weighted by Crippen LogP contribution is -2.40. The third kappa shape index (κ3) is 3.11. The van der Waals surface area contributed by atoms with E-state index in [2.05, 4.69) is 0 Å². The molecule has 3 amide bonds. The first kappa shape index (κ1) is 18.4. The van der Waals surface area contributed by atoms with Crippen LogP contribution >= 0.6 is 0 Å². The van der Waals surface area contributed by atoms with Gasteiger partial charge in [0, 0.05) is 23.8 Å². The molecule has 0 unspecified atom stereocenters. The molecule has 5 heteroatoms. The maximum atomic E-state index is 13.1. The molecule has 28 heavy (non-hydrogen) atoms. The highest BCUT2D eigenvalue weighted by Gasteiger charge is 2.40. The zero-order chi connectivity index (χ0) is 19.7. The van der Waals surface area contributed by atoms with E-state index in [0.717, 1.165) is 37.8 Å². The highest BCUT2D eigenvalue weighted by atomic mass is 16.2. The molecule has 0 radical (unpaired) electrons. The molecule has 0 aromatic heterocycles. The number of amides is 3. The Morgan fingerprint density at radius 3 is 2.32 bits per heavy atom. The molecule has 1 heterocycles. The molecule has 1 aliphatic heterocycles. The first-order chi connectivity index (χ1) is 13.6. The fourth-order valence-electron chi connectivity index (χ4n) is 4.27. The van der Waals surface area contributed by atoms with Gasteiger partial charge in [0.15, 0.2) is 0 Å². The van der Waals surface area contributed by atoms with Gasteiger partial charge in [-0.2, -0.15) is 0 Å². The van der Waals surface area contributed by atoms with Crippen LogP contribution in [0.25, 0.3) is 0 Å². The molecule has 144 valence electrons. The third-order valence-corrected chi connectivity index (χ3v) is 5.73. The molecule has 5 nitrogen and oxygen atoms in total. The van der Waals surface area contributed by atoms with Gasteiger partial charge in [-0.15, -0.1) is 0 Å². The standard InChI is InChI=1S/C23H24N2O3/c1-2-24(17-9-5-3-6-10-17)21(26)16-13-14-19-20(15-16)23(28)25(22(19)27)18-11-7-4-8-12-18/h3,5-6,9-10,13-15,18H,2,4,7-8,11-12H2,1H3. The number of imide groups is 1. The summed E-state index contributed by atoms with van der Waals surface area (Å²) in [4.78, 5) is 41.9. The van der Waals surface area contributed by atoms with Crippen molar-refractivity contribution < 1.29 is 14.4 Å². The van der Waals surface area contributed by atoms with E-state index >= 15 is 0 Å². The Kier molecular flexibility index (Phi) is 4.99. The molecule has 2 aromatic carbocycles. The summed E-state index contributed by atoms with van der Waals surface area (Å²) in [7, 11) is 0. The summed E-state index contributed by atoms with van der Waals surface area (Å²) in [6, 6.07) is 14.3. The minimum absolute atomic E-state index is 0.0169. The Morgan fingerprint density at radius 1 is 0.964 bits per heavy atom. The number of anilines is 1. The molecule has 0 spiro atoms. The second-order valence-electron chi connectivity index (χ2n) is 7.42. The SMILES string of the molecule is CCN(C(=O)c1ccc2c(c1)C(=O)N(C1CCCCC1)C2=O)c1ccccc1. The van der Waals surface area contributed by atoms with Crippen LogP contribution in [0.5, 0.6) is 0 Å². The number of hydrogen-bond donors (Lipinski definition) is 0. The fourth-order valence-corrected chi connectivity index (χ4v) is 4.27. The van der Waals surface area contributed by atoms with Crippen molar-refractivity contribution in [3.05, 3.63) is 65.2 Å². The van der Waals surface area contributed by atoms with E-state index in [0.29, 0.717) is 23.2 Å². The van der Waals surface area contributed by atoms with Gasteiger partial charge in [-0.1, -0.05) is 37.5 Å². The van der Waals surface area contributed by atoms with Crippen LogP contribution < -0.4 is 4.90 Å². The van der Waals surface area contributed by atoms with Crippen LogP contribution in [0.15, 0.2) is 48.5 Å². The van der Waals surface area contributed by atoms with E-state index < -0.39 is 0 Å². The van der Waals surface area contributed by atoms with E-state index in [9.17, 15) is 14.4 Å². The van der Waals surface area contributed by atoms with Crippen LogP contribution in [0.3, 0.4) is 0 Å². The summed E-state index contributed by atoms with van der Waals surface area (Å²) in [5.41, 5.74) is 2.00. The molecule has 0 saturated heterocycles. The molecule has 2 aliphatic rings. The predicted octanol–water partition coefficient (Wildman–Crippen LogP) is 4.28. The lowest BCUT2D eigenvalue weighted by molar-refractivity contribution is 0.0549. The van der Waals surface area contributed by atoms with Gasteiger partial charge in [0.05, 0.1) is 11.1 Å². The molecule has 1 saturated carbocycles. The fraction of sp³-hybridized carbons (Fsp3) is 0.348. The molecule has 0 bridgehead atoms. The summed E-state index contributed by atoms with van der Waals surface area (Å²) < 4.78 is 0. The maximum Gasteiger partial charge on any atom is 0.261 e. The van der Waals surface area contributed by atoms with Gasteiger partial charge < -0.3 is 4.90 Å². The Balaban J connectivity index is 1.63. The van der Waals surface area contributed by atoms with Crippen LogP contribution in [0.4, 0.5) is 5.69 Å². The van der Waals surface area contributed by atoms with Gasteiger partial charge >= 0.3 is 0 Å². The number of hydrogen-bond acceptors (Lipinski definition) is 3. The number of carbonyl (C=O) groups excluding carboxylic acids is 3. The molecule has 1 fully saturated rings. The number of benzene rings is 2. The Bertz CT molecular complexity index is 917. The van der Waals surface area contributed by atoms with Gasteiger partial charge in [-0.25, -0.2) is 0 Å². The van der Waals surface area contributed by atoms with E-state index in [4.69, 9.17) is 0 Å².